The quantitative estimate of drug-likeness (QED) is 0.0170. The Morgan fingerprint density at radius 1 is 0.413 bits per heavy atom. The van der Waals surface area contributed by atoms with Gasteiger partial charge in [0.1, 0.15) is 29.1 Å². The van der Waals surface area contributed by atoms with Gasteiger partial charge in [-0.3, -0.25) is 0 Å². The number of carbonyl (C=O) groups excluding carboxylic acids is 6. The number of hydrogen-bond donors (Lipinski definition) is 0. The zero-order chi connectivity index (χ0) is 53.6. The summed E-state index contributed by atoms with van der Waals surface area (Å²) in [6.07, 6.45) is 16.2. The highest BCUT2D eigenvalue weighted by Gasteiger charge is 2.23. The van der Waals surface area contributed by atoms with Crippen LogP contribution in [0, 0.1) is 17.1 Å². The van der Waals surface area contributed by atoms with Crippen LogP contribution in [0.4, 0.5) is 4.39 Å². The third-order valence-corrected chi connectivity index (χ3v) is 11.3. The van der Waals surface area contributed by atoms with Gasteiger partial charge in [-0.05, 0) is 135 Å². The van der Waals surface area contributed by atoms with Crippen molar-refractivity contribution in [2.45, 2.75) is 89.9 Å². The highest BCUT2D eigenvalue weighted by molar-refractivity contribution is 5.95. The fourth-order valence-electron chi connectivity index (χ4n) is 7.15. The van der Waals surface area contributed by atoms with Crippen LogP contribution in [-0.2, 0) is 19.1 Å². The van der Waals surface area contributed by atoms with E-state index in [0.29, 0.717) is 37.9 Å². The number of hydrogen-bond acceptors (Lipinski definition) is 15. The number of unbranched alkanes of at least 4 members (excludes halogenated alkanes) is 12. The molecule has 16 heteroatoms. The lowest BCUT2D eigenvalue weighted by Gasteiger charge is -2.13. The molecule has 0 N–H and O–H groups in total. The SMILES string of the molecule is C=CC(=O)OCCCCCCCCCOc1ccc(C(=O)Oc2ccc(C(=O)Oc3ccc(C#N)c(F)c3OC(=O)c3ccc(OC(=O)c4ccc(OCCCCCCCCCOC(=O)C=C)cc4)cc3)cc2)cc1. The molecular weight excluding hydrogens is 966 g/mol. The summed E-state index contributed by atoms with van der Waals surface area (Å²) in [6, 6.07) is 27.4. The van der Waals surface area contributed by atoms with E-state index in [2.05, 4.69) is 13.2 Å². The molecule has 0 amide bonds. The molecule has 0 aliphatic heterocycles. The van der Waals surface area contributed by atoms with E-state index >= 15 is 4.39 Å². The van der Waals surface area contributed by atoms with Crippen molar-refractivity contribution in [2.24, 2.45) is 0 Å². The van der Waals surface area contributed by atoms with E-state index in [1.54, 1.807) is 54.6 Å². The number of benzene rings is 5. The van der Waals surface area contributed by atoms with Gasteiger partial charge in [0.2, 0.25) is 5.75 Å². The topological polar surface area (TPSA) is 200 Å². The zero-order valence-electron chi connectivity index (χ0n) is 41.7. The minimum atomic E-state index is -1.24. The van der Waals surface area contributed by atoms with Crippen LogP contribution in [0.25, 0.3) is 0 Å². The molecule has 75 heavy (non-hydrogen) atoms. The first kappa shape index (κ1) is 57.3. The van der Waals surface area contributed by atoms with Gasteiger partial charge in [0.05, 0.1) is 54.2 Å². The molecule has 0 aliphatic carbocycles. The van der Waals surface area contributed by atoms with Crippen LogP contribution in [0.1, 0.15) is 137 Å². The van der Waals surface area contributed by atoms with E-state index in [9.17, 15) is 34.0 Å². The third-order valence-electron chi connectivity index (χ3n) is 11.3. The number of nitrogens with zero attached hydrogens (tertiary/aromatic N) is 1. The molecule has 0 bridgehead atoms. The van der Waals surface area contributed by atoms with Crippen LogP contribution >= 0.6 is 0 Å². The molecule has 0 radical (unpaired) electrons. The van der Waals surface area contributed by atoms with Crippen molar-refractivity contribution in [3.8, 4) is 40.6 Å². The van der Waals surface area contributed by atoms with E-state index in [1.807, 2.05) is 0 Å². The van der Waals surface area contributed by atoms with Gasteiger partial charge in [0.15, 0.2) is 11.6 Å². The highest BCUT2D eigenvalue weighted by Crippen LogP contribution is 2.34. The average Bonchev–Trinajstić information content (AvgIpc) is 3.43. The second-order valence-electron chi connectivity index (χ2n) is 16.9. The summed E-state index contributed by atoms with van der Waals surface area (Å²) in [5, 5.41) is 9.47. The smallest absolute Gasteiger partial charge is 0.343 e. The first-order chi connectivity index (χ1) is 36.5. The molecule has 5 aromatic carbocycles. The second-order valence-corrected chi connectivity index (χ2v) is 16.9. The maximum absolute atomic E-state index is 15.5. The molecule has 0 saturated heterocycles. The summed E-state index contributed by atoms with van der Waals surface area (Å²) in [7, 11) is 0. The average molecular weight is 1030 g/mol. The molecule has 5 rings (SSSR count). The number of carbonyl (C=O) groups is 6. The van der Waals surface area contributed by atoms with Crippen molar-refractivity contribution in [3.05, 3.63) is 168 Å². The van der Waals surface area contributed by atoms with Gasteiger partial charge in [0.25, 0.3) is 0 Å². The van der Waals surface area contributed by atoms with Crippen LogP contribution in [0.5, 0.6) is 34.5 Å². The molecule has 0 saturated carbocycles. The molecule has 0 unspecified atom stereocenters. The van der Waals surface area contributed by atoms with Crippen LogP contribution < -0.4 is 28.4 Å². The second kappa shape index (κ2) is 31.8. The molecule has 5 aromatic rings. The van der Waals surface area contributed by atoms with Gasteiger partial charge in [0, 0.05) is 12.2 Å². The van der Waals surface area contributed by atoms with E-state index in [-0.39, 0.29) is 33.8 Å². The van der Waals surface area contributed by atoms with Crippen molar-refractivity contribution in [1.82, 2.24) is 0 Å². The zero-order valence-corrected chi connectivity index (χ0v) is 41.7. The molecule has 0 aromatic heterocycles. The van der Waals surface area contributed by atoms with Crippen LogP contribution in [0.15, 0.2) is 135 Å². The maximum atomic E-state index is 15.5. The van der Waals surface area contributed by atoms with Gasteiger partial charge in [-0.2, -0.15) is 5.26 Å². The lowest BCUT2D eigenvalue weighted by molar-refractivity contribution is -0.138. The monoisotopic (exact) mass is 1030 g/mol. The van der Waals surface area contributed by atoms with Gasteiger partial charge in [-0.15, -0.1) is 0 Å². The van der Waals surface area contributed by atoms with E-state index in [0.717, 1.165) is 114 Å². The third kappa shape index (κ3) is 20.1. The number of nitriles is 1. The van der Waals surface area contributed by atoms with Gasteiger partial charge >= 0.3 is 35.8 Å². The van der Waals surface area contributed by atoms with Crippen LogP contribution in [-0.4, -0.2) is 62.2 Å². The lowest BCUT2D eigenvalue weighted by Crippen LogP contribution is -2.14. The van der Waals surface area contributed by atoms with E-state index < -0.39 is 58.7 Å². The number of halogens is 1. The van der Waals surface area contributed by atoms with Crippen molar-refractivity contribution in [3.63, 3.8) is 0 Å². The molecule has 0 heterocycles. The minimum Gasteiger partial charge on any atom is -0.494 e. The first-order valence-corrected chi connectivity index (χ1v) is 24.8. The van der Waals surface area contributed by atoms with Crippen molar-refractivity contribution >= 4 is 35.8 Å². The van der Waals surface area contributed by atoms with Gasteiger partial charge < -0.3 is 37.9 Å². The molecule has 0 fully saturated rings. The molecule has 15 nitrogen and oxygen atoms in total. The van der Waals surface area contributed by atoms with Crippen LogP contribution in [0.2, 0.25) is 0 Å². The summed E-state index contributed by atoms with van der Waals surface area (Å²) in [6.45, 7) is 8.62. The molecule has 0 spiro atoms. The Morgan fingerprint density at radius 2 is 0.733 bits per heavy atom. The number of rotatable bonds is 32. The number of ether oxygens (including phenoxy) is 8. The predicted octanol–water partition coefficient (Wildman–Crippen LogP) is 12.3. The fourth-order valence-corrected chi connectivity index (χ4v) is 7.15. The Labute approximate surface area is 435 Å². The Kier molecular flexibility index (Phi) is 24.3. The largest absolute Gasteiger partial charge is 0.494 e. The highest BCUT2D eigenvalue weighted by atomic mass is 19.1. The van der Waals surface area contributed by atoms with Crippen molar-refractivity contribution < 1.29 is 71.1 Å². The summed E-state index contributed by atoms with van der Waals surface area (Å²) < 4.78 is 58.8. The van der Waals surface area contributed by atoms with E-state index in [4.69, 9.17) is 37.9 Å². The molecule has 0 atom stereocenters. The molecule has 0 aliphatic rings. The fraction of sp³-hybridized carbons (Fsp3) is 0.305. The summed E-state index contributed by atoms with van der Waals surface area (Å²) in [5.41, 5.74) is -0.0575. The summed E-state index contributed by atoms with van der Waals surface area (Å²) >= 11 is 0. The Morgan fingerprint density at radius 3 is 1.09 bits per heavy atom. The molecular formula is C59H60FNO14. The Bertz CT molecular complexity index is 2730. The van der Waals surface area contributed by atoms with Crippen molar-refractivity contribution in [1.29, 1.82) is 5.26 Å². The minimum absolute atomic E-state index is 0.0229. The number of esters is 6. The normalized spacial score (nSPS) is 10.5. The lowest BCUT2D eigenvalue weighted by atomic mass is 10.1. The predicted molar refractivity (Wildman–Crippen MR) is 275 cm³/mol. The van der Waals surface area contributed by atoms with Crippen LogP contribution in [0.3, 0.4) is 0 Å². The van der Waals surface area contributed by atoms with Gasteiger partial charge in [-0.1, -0.05) is 77.4 Å². The first-order valence-electron chi connectivity index (χ1n) is 24.8. The molecule has 392 valence electrons. The van der Waals surface area contributed by atoms with Gasteiger partial charge in [-0.25, -0.2) is 33.2 Å². The summed E-state index contributed by atoms with van der Waals surface area (Å²) in [4.78, 5) is 74.3. The van der Waals surface area contributed by atoms with E-state index in [1.165, 1.54) is 48.5 Å². The maximum Gasteiger partial charge on any atom is 0.343 e. The standard InChI is InChI=1S/C59H60FNO14/c1-3-52(62)70-39-17-13-9-5-7-11-15-37-68-47-28-19-42(20-29-47)56(64)72-49-32-23-44(24-33-49)58(66)74-51-36-27-46(41-61)54(60)55(51)75-59(67)45-25-34-50(35-26-45)73-57(65)43-21-30-48(31-22-43)69-38-16-12-8-6-10-14-18-40-71-53(63)4-2/h3-4,19-36H,1-2,5-18,37-40H2. The Hall–Kier alpha value is -8.58. The van der Waals surface area contributed by atoms with Crippen molar-refractivity contribution in [2.75, 3.05) is 26.4 Å². The summed E-state index contributed by atoms with van der Waals surface area (Å²) in [5.74, 6) is -5.26. The Balaban J connectivity index is 1.03.